The molecule has 44 heavy (non-hydrogen) atoms. The smallest absolute Gasteiger partial charge is 0.257 e. The van der Waals surface area contributed by atoms with E-state index in [0.29, 0.717) is 35.6 Å². The van der Waals surface area contributed by atoms with Crippen LogP contribution in [0.2, 0.25) is 10.0 Å². The summed E-state index contributed by atoms with van der Waals surface area (Å²) in [4.78, 5) is 22.4. The maximum atomic E-state index is 16.9. The van der Waals surface area contributed by atoms with Crippen LogP contribution in [0.4, 0.5) is 4.39 Å². The van der Waals surface area contributed by atoms with Gasteiger partial charge in [0.2, 0.25) is 5.72 Å². The van der Waals surface area contributed by atoms with Gasteiger partial charge in [0.1, 0.15) is 17.3 Å². The van der Waals surface area contributed by atoms with E-state index < -0.39 is 29.2 Å². The van der Waals surface area contributed by atoms with Crippen LogP contribution in [-0.2, 0) is 27.3 Å². The van der Waals surface area contributed by atoms with Crippen molar-refractivity contribution in [3.8, 4) is 5.75 Å². The van der Waals surface area contributed by atoms with E-state index in [1.165, 1.54) is 23.2 Å². The third-order valence-electron chi connectivity index (χ3n) is 9.40. The summed E-state index contributed by atoms with van der Waals surface area (Å²) in [5, 5.41) is 23.5. The average Bonchev–Trinajstić information content (AvgIpc) is 3.60. The molecule has 0 bridgehead atoms. The average molecular weight is 645 g/mol. The lowest BCUT2D eigenvalue weighted by Crippen LogP contribution is -2.49. The summed E-state index contributed by atoms with van der Waals surface area (Å²) in [5.74, 6) is -1.50. The van der Waals surface area contributed by atoms with Gasteiger partial charge < -0.3 is 24.6 Å². The summed E-state index contributed by atoms with van der Waals surface area (Å²) in [6, 6.07) is 11.1. The van der Waals surface area contributed by atoms with Crippen molar-refractivity contribution < 1.29 is 28.9 Å². The fourth-order valence-electron chi connectivity index (χ4n) is 6.93. The molecule has 234 valence electrons. The van der Waals surface area contributed by atoms with Crippen molar-refractivity contribution >= 4 is 29.1 Å². The van der Waals surface area contributed by atoms with Gasteiger partial charge in [0.25, 0.3) is 5.91 Å². The van der Waals surface area contributed by atoms with Gasteiger partial charge in [-0.05, 0) is 81.6 Å². The number of ether oxygens (including phenoxy) is 2. The number of hydrogen-bond acceptors (Lipinski definition) is 7. The van der Waals surface area contributed by atoms with Crippen LogP contribution in [0.5, 0.6) is 5.75 Å². The highest BCUT2D eigenvalue weighted by molar-refractivity contribution is 6.30. The molecule has 2 N–H and O–H groups in total. The van der Waals surface area contributed by atoms with E-state index in [2.05, 4.69) is 9.88 Å². The second-order valence-corrected chi connectivity index (χ2v) is 12.9. The molecular formula is C33H36Cl2FN3O5. The first-order valence-electron chi connectivity index (χ1n) is 15.0. The minimum atomic E-state index is -1.75. The molecule has 6 rings (SSSR count). The number of aliphatic hydroxyl groups is 1. The summed E-state index contributed by atoms with van der Waals surface area (Å²) < 4.78 is 29.3. The fourth-order valence-corrected chi connectivity index (χ4v) is 7.21. The summed E-state index contributed by atoms with van der Waals surface area (Å²) in [6.45, 7) is 4.04. The highest BCUT2D eigenvalue weighted by atomic mass is 35.5. The van der Waals surface area contributed by atoms with Crippen LogP contribution in [0.3, 0.4) is 0 Å². The molecule has 1 amide bonds. The van der Waals surface area contributed by atoms with E-state index in [-0.39, 0.29) is 46.7 Å². The van der Waals surface area contributed by atoms with Gasteiger partial charge in [-0.15, -0.1) is 0 Å². The van der Waals surface area contributed by atoms with Crippen molar-refractivity contribution in [2.75, 3.05) is 33.4 Å². The van der Waals surface area contributed by atoms with E-state index in [0.717, 1.165) is 25.9 Å². The van der Waals surface area contributed by atoms with E-state index in [1.807, 2.05) is 14.0 Å². The fraction of sp³-hybridized carbons (Fsp3) is 0.455. The molecule has 11 heteroatoms. The Bertz CT molecular complexity index is 1550. The first-order chi connectivity index (χ1) is 21.1. The first kappa shape index (κ1) is 31.2. The number of rotatable bonds is 8. The van der Waals surface area contributed by atoms with E-state index in [9.17, 15) is 15.0 Å². The number of halogens is 3. The lowest BCUT2D eigenvalue weighted by atomic mass is 9.73. The molecule has 0 radical (unpaired) electrons. The van der Waals surface area contributed by atoms with Gasteiger partial charge in [-0.2, -0.15) is 0 Å². The Morgan fingerprint density at radius 1 is 1.14 bits per heavy atom. The van der Waals surface area contributed by atoms with Crippen LogP contribution < -0.4 is 0 Å². The maximum absolute atomic E-state index is 16.9. The van der Waals surface area contributed by atoms with Crippen molar-refractivity contribution in [3.05, 3.63) is 92.5 Å². The predicted octanol–water partition coefficient (Wildman–Crippen LogP) is 5.84. The lowest BCUT2D eigenvalue weighted by Gasteiger charge is -2.42. The molecule has 0 unspecified atom stereocenters. The Morgan fingerprint density at radius 3 is 2.50 bits per heavy atom. The first-order valence-corrected chi connectivity index (χ1v) is 15.7. The third kappa shape index (κ3) is 5.37. The molecule has 3 atom stereocenters. The van der Waals surface area contributed by atoms with Gasteiger partial charge in [0.05, 0.1) is 41.0 Å². The molecule has 2 fully saturated rings. The Hall–Kier alpha value is -2.79. The molecule has 8 nitrogen and oxygen atoms in total. The predicted molar refractivity (Wildman–Crippen MR) is 164 cm³/mol. The SMILES string of the molecule is CC[C@@](O)(c1cc(F)c2c(c1)C(=O)N(Cc1ncc(Cl)cc1O)[C@@]2(O[C@H]1CCOC1)c1ccc(Cl)cc1)C1CCN(C)CC1. The third-order valence-corrected chi connectivity index (χ3v) is 9.86. The van der Waals surface area contributed by atoms with E-state index in [4.69, 9.17) is 32.7 Å². The Labute approximate surface area is 266 Å². The largest absolute Gasteiger partial charge is 0.506 e. The molecule has 1 aromatic heterocycles. The maximum Gasteiger partial charge on any atom is 0.257 e. The molecule has 3 aliphatic rings. The number of aromatic hydroxyl groups is 1. The zero-order valence-electron chi connectivity index (χ0n) is 24.7. The number of hydrogen-bond donors (Lipinski definition) is 2. The summed E-state index contributed by atoms with van der Waals surface area (Å²) in [7, 11) is 2.04. The number of piperidine rings is 1. The van der Waals surface area contributed by atoms with Gasteiger partial charge in [-0.3, -0.25) is 14.7 Å². The van der Waals surface area contributed by atoms with Crippen LogP contribution in [0, 0.1) is 11.7 Å². The number of benzene rings is 2. The van der Waals surface area contributed by atoms with Crippen LogP contribution in [0.1, 0.15) is 65.3 Å². The molecule has 0 spiro atoms. The second-order valence-electron chi connectivity index (χ2n) is 12.0. The van der Waals surface area contributed by atoms with Gasteiger partial charge in [0.15, 0.2) is 0 Å². The summed E-state index contributed by atoms with van der Waals surface area (Å²) >= 11 is 12.3. The number of likely N-dealkylation sites (tertiary alicyclic amines) is 1. The number of fused-ring (bicyclic) bond motifs is 1. The minimum absolute atomic E-state index is 0.0377. The van der Waals surface area contributed by atoms with Crippen molar-refractivity contribution in [1.29, 1.82) is 0 Å². The number of pyridine rings is 1. The van der Waals surface area contributed by atoms with Gasteiger partial charge in [-0.1, -0.05) is 42.3 Å². The van der Waals surface area contributed by atoms with Crippen molar-refractivity contribution in [2.45, 2.75) is 56.6 Å². The molecule has 3 aromatic rings. The Morgan fingerprint density at radius 2 is 1.86 bits per heavy atom. The zero-order valence-corrected chi connectivity index (χ0v) is 26.2. The number of carbonyl (C=O) groups is 1. The number of aromatic nitrogens is 1. The molecule has 0 saturated carbocycles. The van der Waals surface area contributed by atoms with Gasteiger partial charge in [0, 0.05) is 29.5 Å². The van der Waals surface area contributed by atoms with E-state index in [1.54, 1.807) is 30.3 Å². The van der Waals surface area contributed by atoms with Gasteiger partial charge in [-0.25, -0.2) is 4.39 Å². The van der Waals surface area contributed by atoms with Crippen molar-refractivity contribution in [2.24, 2.45) is 5.92 Å². The van der Waals surface area contributed by atoms with Crippen LogP contribution in [-0.4, -0.2) is 70.4 Å². The normalized spacial score (nSPS) is 24.1. The van der Waals surface area contributed by atoms with E-state index >= 15 is 4.39 Å². The van der Waals surface area contributed by atoms with Crippen molar-refractivity contribution in [1.82, 2.24) is 14.8 Å². The molecule has 3 aliphatic heterocycles. The Balaban J connectivity index is 1.55. The number of carbonyl (C=O) groups excluding carboxylic acids is 1. The molecule has 0 aliphatic carbocycles. The highest BCUT2D eigenvalue weighted by Crippen LogP contribution is 2.51. The van der Waals surface area contributed by atoms with Crippen LogP contribution in [0.25, 0.3) is 0 Å². The molecular weight excluding hydrogens is 608 g/mol. The topological polar surface area (TPSA) is 95.4 Å². The second kappa shape index (κ2) is 12.2. The van der Waals surface area contributed by atoms with Crippen LogP contribution >= 0.6 is 23.2 Å². The van der Waals surface area contributed by atoms with Crippen molar-refractivity contribution in [3.63, 3.8) is 0 Å². The highest BCUT2D eigenvalue weighted by Gasteiger charge is 2.56. The quantitative estimate of drug-likeness (QED) is 0.319. The molecule has 2 aromatic carbocycles. The summed E-state index contributed by atoms with van der Waals surface area (Å²) in [6.07, 6.45) is 3.33. The molecule has 4 heterocycles. The van der Waals surface area contributed by atoms with Gasteiger partial charge >= 0.3 is 0 Å². The number of nitrogens with zero attached hydrogens (tertiary/aromatic N) is 3. The monoisotopic (exact) mass is 643 g/mol. The van der Waals surface area contributed by atoms with Crippen LogP contribution in [0.15, 0.2) is 48.7 Å². The lowest BCUT2D eigenvalue weighted by molar-refractivity contribution is -0.148. The molecule has 2 saturated heterocycles. The summed E-state index contributed by atoms with van der Waals surface area (Å²) in [5.41, 5.74) is -1.95. The Kier molecular flexibility index (Phi) is 8.65. The zero-order chi connectivity index (χ0) is 31.2. The standard InChI is InChI=1S/C33H36Cl2FN3O5/c1-3-32(42,20-8-11-38(2)12-9-20)22-14-26-30(27(36)15-22)33(44-25-10-13-43-19-25,21-4-6-23(34)7-5-21)39(31(26)41)18-28-29(40)16-24(35)17-37-28/h4-7,14-17,20,25,40,42H,3,8-13,18-19H2,1-2H3/t25-,32-,33+/m0/s1. The minimum Gasteiger partial charge on any atom is -0.506 e. The number of amides is 1.